The normalized spacial score (nSPS) is 14.3. The highest BCUT2D eigenvalue weighted by atomic mass is 35.5. The molecule has 0 saturated carbocycles. The monoisotopic (exact) mass is 493 g/mol. The smallest absolute Gasteiger partial charge is 0.271 e. The van der Waals surface area contributed by atoms with Crippen molar-refractivity contribution in [1.29, 1.82) is 0 Å². The third kappa shape index (κ3) is 5.88. The van der Waals surface area contributed by atoms with Crippen molar-refractivity contribution >= 4 is 23.2 Å². The first-order chi connectivity index (χ1) is 17.0. The first-order valence-corrected chi connectivity index (χ1v) is 13.0. The van der Waals surface area contributed by atoms with Gasteiger partial charge in [-0.3, -0.25) is 9.69 Å². The lowest BCUT2D eigenvalue weighted by Crippen LogP contribution is -2.47. The van der Waals surface area contributed by atoms with E-state index < -0.39 is 0 Å². The number of carbonyl (C=O) groups excluding carboxylic acids is 1. The molecule has 0 bridgehead atoms. The molecule has 4 rings (SSSR count). The molecule has 1 aliphatic rings. The summed E-state index contributed by atoms with van der Waals surface area (Å²) < 4.78 is 2.11. The fourth-order valence-corrected chi connectivity index (χ4v) is 4.99. The van der Waals surface area contributed by atoms with E-state index in [1.807, 2.05) is 37.3 Å². The Morgan fingerprint density at radius 3 is 2.49 bits per heavy atom. The van der Waals surface area contributed by atoms with Crippen LogP contribution in [0.2, 0.25) is 5.02 Å². The van der Waals surface area contributed by atoms with Gasteiger partial charge in [-0.05, 0) is 63.1 Å². The van der Waals surface area contributed by atoms with Crippen molar-refractivity contribution < 1.29 is 4.79 Å². The molecular weight excluding hydrogens is 458 g/mol. The van der Waals surface area contributed by atoms with Gasteiger partial charge in [-0.1, -0.05) is 42.8 Å². The van der Waals surface area contributed by atoms with E-state index in [2.05, 4.69) is 51.7 Å². The fraction of sp³-hybridized carbons (Fsp3) is 0.429. The van der Waals surface area contributed by atoms with E-state index in [1.165, 1.54) is 5.69 Å². The second kappa shape index (κ2) is 11.7. The molecule has 0 spiro atoms. The maximum atomic E-state index is 13.0. The van der Waals surface area contributed by atoms with Gasteiger partial charge in [0.2, 0.25) is 0 Å². The summed E-state index contributed by atoms with van der Waals surface area (Å²) in [6.45, 7) is 11.8. The number of benzene rings is 2. The number of halogens is 1. The Morgan fingerprint density at radius 2 is 1.77 bits per heavy atom. The van der Waals surface area contributed by atoms with Crippen molar-refractivity contribution in [3.8, 4) is 5.69 Å². The van der Waals surface area contributed by atoms with Crippen LogP contribution in [0.4, 0.5) is 5.69 Å². The zero-order valence-electron chi connectivity index (χ0n) is 21.1. The zero-order chi connectivity index (χ0) is 24.8. The predicted molar refractivity (Wildman–Crippen MR) is 144 cm³/mol. The van der Waals surface area contributed by atoms with E-state index in [4.69, 9.17) is 16.6 Å². The number of aromatic nitrogens is 2. The molecule has 2 heterocycles. The third-order valence-corrected chi connectivity index (χ3v) is 7.18. The number of anilines is 1. The number of rotatable bonds is 9. The Bertz CT molecular complexity index is 1140. The van der Waals surface area contributed by atoms with Gasteiger partial charge in [-0.2, -0.15) is 0 Å². The average Bonchev–Trinajstić information content (AvgIpc) is 3.20. The van der Waals surface area contributed by atoms with Gasteiger partial charge in [0.25, 0.3) is 5.91 Å². The second-order valence-electron chi connectivity index (χ2n) is 9.21. The molecule has 0 unspecified atom stereocenters. The van der Waals surface area contributed by atoms with Gasteiger partial charge in [0.05, 0.1) is 5.69 Å². The van der Waals surface area contributed by atoms with Crippen LogP contribution in [-0.4, -0.2) is 59.6 Å². The molecule has 0 aliphatic carbocycles. The van der Waals surface area contributed by atoms with Gasteiger partial charge in [0.15, 0.2) is 0 Å². The van der Waals surface area contributed by atoms with Gasteiger partial charge in [0, 0.05) is 55.5 Å². The van der Waals surface area contributed by atoms with E-state index in [0.29, 0.717) is 12.2 Å². The molecule has 0 radical (unpaired) electrons. The van der Waals surface area contributed by atoms with Crippen LogP contribution in [-0.2, 0) is 6.42 Å². The largest absolute Gasteiger partial charge is 0.369 e. The highest BCUT2D eigenvalue weighted by molar-refractivity contribution is 6.31. The highest BCUT2D eigenvalue weighted by Gasteiger charge is 2.21. The minimum atomic E-state index is -0.0872. The Balaban J connectivity index is 1.27. The molecule has 1 aromatic heterocycles. The summed E-state index contributed by atoms with van der Waals surface area (Å²) in [5.74, 6) is 0.852. The van der Waals surface area contributed by atoms with E-state index >= 15 is 0 Å². The van der Waals surface area contributed by atoms with Crippen molar-refractivity contribution in [2.45, 2.75) is 40.0 Å². The summed E-state index contributed by atoms with van der Waals surface area (Å²) in [6.07, 6.45) is 2.74. The molecule has 186 valence electrons. The topological polar surface area (TPSA) is 53.4 Å². The molecule has 1 fully saturated rings. The Hall–Kier alpha value is -2.83. The molecule has 3 aromatic rings. The standard InChI is InChI=1S/C28H36ClN5O/c1-4-10-26-31-27(22(3)34(26)23-11-6-5-7-12-23)28(35)30-15-9-16-32-17-19-33(20-18-32)25-14-8-13-24(29)21(25)2/h5-8,11-14H,4,9-10,15-20H2,1-3H3,(H,30,35). The SMILES string of the molecule is CCCc1nc(C(=O)NCCCN2CCN(c3cccc(Cl)c3C)CC2)c(C)n1-c1ccccc1. The van der Waals surface area contributed by atoms with Gasteiger partial charge in [-0.25, -0.2) is 4.98 Å². The van der Waals surface area contributed by atoms with Crippen molar-refractivity contribution in [3.05, 3.63) is 76.3 Å². The maximum Gasteiger partial charge on any atom is 0.271 e. The molecule has 7 heteroatoms. The van der Waals surface area contributed by atoms with E-state index in [-0.39, 0.29) is 5.91 Å². The number of nitrogens with zero attached hydrogens (tertiary/aromatic N) is 4. The maximum absolute atomic E-state index is 13.0. The lowest BCUT2D eigenvalue weighted by Gasteiger charge is -2.37. The molecule has 35 heavy (non-hydrogen) atoms. The molecule has 1 N–H and O–H groups in total. The van der Waals surface area contributed by atoms with Crippen LogP contribution in [0.5, 0.6) is 0 Å². The van der Waals surface area contributed by atoms with E-state index in [9.17, 15) is 4.79 Å². The molecule has 1 saturated heterocycles. The van der Waals surface area contributed by atoms with Crippen molar-refractivity contribution in [3.63, 3.8) is 0 Å². The Morgan fingerprint density at radius 1 is 1.03 bits per heavy atom. The van der Waals surface area contributed by atoms with E-state index in [1.54, 1.807) is 0 Å². The Labute approximate surface area is 213 Å². The van der Waals surface area contributed by atoms with Gasteiger partial charge in [-0.15, -0.1) is 0 Å². The van der Waals surface area contributed by atoms with Crippen LogP contribution in [0.1, 0.15) is 47.3 Å². The van der Waals surface area contributed by atoms with Crippen molar-refractivity contribution in [1.82, 2.24) is 19.8 Å². The van der Waals surface area contributed by atoms with Crippen molar-refractivity contribution in [2.24, 2.45) is 0 Å². The summed E-state index contributed by atoms with van der Waals surface area (Å²) in [5.41, 5.74) is 4.86. The minimum Gasteiger partial charge on any atom is -0.369 e. The molecule has 1 aliphatic heterocycles. The summed E-state index contributed by atoms with van der Waals surface area (Å²) >= 11 is 6.31. The number of imidazole rings is 1. The number of para-hydroxylation sites is 1. The summed E-state index contributed by atoms with van der Waals surface area (Å²) in [5, 5.41) is 3.92. The Kier molecular flexibility index (Phi) is 8.47. The molecule has 1 amide bonds. The zero-order valence-corrected chi connectivity index (χ0v) is 21.8. The molecule has 2 aromatic carbocycles. The van der Waals surface area contributed by atoms with Crippen LogP contribution in [0, 0.1) is 13.8 Å². The van der Waals surface area contributed by atoms with Crippen LogP contribution in [0.25, 0.3) is 5.69 Å². The predicted octanol–water partition coefficient (Wildman–Crippen LogP) is 5.04. The average molecular weight is 494 g/mol. The lowest BCUT2D eigenvalue weighted by molar-refractivity contribution is 0.0946. The summed E-state index contributed by atoms with van der Waals surface area (Å²) in [6, 6.07) is 16.3. The van der Waals surface area contributed by atoms with E-state index in [0.717, 1.165) is 79.8 Å². The number of hydrogen-bond acceptors (Lipinski definition) is 4. The fourth-order valence-electron chi connectivity index (χ4n) is 4.82. The molecular formula is C28H36ClN5O. The van der Waals surface area contributed by atoms with Gasteiger partial charge >= 0.3 is 0 Å². The lowest BCUT2D eigenvalue weighted by atomic mass is 10.1. The van der Waals surface area contributed by atoms with Crippen molar-refractivity contribution in [2.75, 3.05) is 44.2 Å². The first-order valence-electron chi connectivity index (χ1n) is 12.6. The molecule has 0 atom stereocenters. The first kappa shape index (κ1) is 25.3. The van der Waals surface area contributed by atoms with Crippen LogP contribution in [0.3, 0.4) is 0 Å². The van der Waals surface area contributed by atoms with Crippen LogP contribution >= 0.6 is 11.6 Å². The number of carbonyl (C=O) groups is 1. The number of piperazine rings is 1. The number of aryl methyl sites for hydroxylation is 1. The second-order valence-corrected chi connectivity index (χ2v) is 9.61. The minimum absolute atomic E-state index is 0.0872. The van der Waals surface area contributed by atoms with Gasteiger partial charge in [0.1, 0.15) is 11.5 Å². The van der Waals surface area contributed by atoms with Crippen LogP contribution < -0.4 is 10.2 Å². The van der Waals surface area contributed by atoms with Crippen LogP contribution in [0.15, 0.2) is 48.5 Å². The summed E-state index contributed by atoms with van der Waals surface area (Å²) in [4.78, 5) is 22.6. The quantitative estimate of drug-likeness (QED) is 0.424. The van der Waals surface area contributed by atoms with Gasteiger partial charge < -0.3 is 14.8 Å². The molecule has 6 nitrogen and oxygen atoms in total. The highest BCUT2D eigenvalue weighted by Crippen LogP contribution is 2.27. The number of nitrogens with one attached hydrogen (secondary N) is 1. The third-order valence-electron chi connectivity index (χ3n) is 6.77. The summed E-state index contributed by atoms with van der Waals surface area (Å²) in [7, 11) is 0. The number of amides is 1. The number of hydrogen-bond donors (Lipinski definition) is 1.